The van der Waals surface area contributed by atoms with Crippen molar-refractivity contribution in [3.05, 3.63) is 52.5 Å². The Labute approximate surface area is 319 Å². The molecule has 3 rings (SSSR count). The van der Waals surface area contributed by atoms with Gasteiger partial charge in [0.25, 0.3) is 0 Å². The zero-order chi connectivity index (χ0) is 39.2. The molecule has 0 saturated carbocycles. The summed E-state index contributed by atoms with van der Waals surface area (Å²) in [4.78, 5) is 62.9. The highest BCUT2D eigenvalue weighted by molar-refractivity contribution is 7.09. The molecule has 0 spiro atoms. The second kappa shape index (κ2) is 21.5. The molecule has 1 aliphatic heterocycles. The number of hydrogen-bond donors (Lipinski definition) is 4. The maximum Gasteiger partial charge on any atom is 0.245 e. The van der Waals surface area contributed by atoms with Crippen LogP contribution >= 0.6 is 11.3 Å². The summed E-state index contributed by atoms with van der Waals surface area (Å²) in [7, 11) is 6.39. The minimum absolute atomic E-state index is 0.0187. The fourth-order valence-electron chi connectivity index (χ4n) is 7.36. The molecule has 14 heteroatoms. The van der Waals surface area contributed by atoms with Crippen molar-refractivity contribution in [2.45, 2.75) is 109 Å². The lowest BCUT2D eigenvalue weighted by Gasteiger charge is -2.41. The number of rotatable bonds is 21. The summed E-state index contributed by atoms with van der Waals surface area (Å²) in [6, 6.07) is 7.15. The smallest absolute Gasteiger partial charge is 0.245 e. The van der Waals surface area contributed by atoms with Gasteiger partial charge in [0.15, 0.2) is 0 Å². The van der Waals surface area contributed by atoms with Crippen LogP contribution in [-0.4, -0.2) is 121 Å². The highest BCUT2D eigenvalue weighted by atomic mass is 32.1. The third kappa shape index (κ3) is 11.5. The van der Waals surface area contributed by atoms with Gasteiger partial charge in [-0.05, 0) is 43.7 Å². The zero-order valence-corrected chi connectivity index (χ0v) is 33.7. The van der Waals surface area contributed by atoms with Crippen molar-refractivity contribution >= 4 is 35.0 Å². The first-order valence-electron chi connectivity index (χ1n) is 18.8. The summed E-state index contributed by atoms with van der Waals surface area (Å²) >= 11 is 1.50. The van der Waals surface area contributed by atoms with Crippen LogP contribution in [0.2, 0.25) is 0 Å². The molecule has 1 saturated heterocycles. The number of aliphatic hydroxyl groups is 1. The topological polar surface area (TPSA) is 162 Å². The van der Waals surface area contributed by atoms with Crippen molar-refractivity contribution in [2.75, 3.05) is 41.5 Å². The fraction of sp³-hybridized carbons (Fsp3) is 0.667. The van der Waals surface area contributed by atoms with Gasteiger partial charge in [-0.1, -0.05) is 71.4 Å². The number of hydrogen-bond acceptors (Lipinski definition) is 10. The summed E-state index contributed by atoms with van der Waals surface area (Å²) in [5.41, 5.74) is 1.08. The van der Waals surface area contributed by atoms with Gasteiger partial charge in [-0.25, -0.2) is 4.98 Å². The monoisotopic (exact) mass is 758 g/mol. The molecule has 53 heavy (non-hydrogen) atoms. The number of thiazole rings is 1. The second-order valence-corrected chi connectivity index (χ2v) is 15.4. The summed E-state index contributed by atoms with van der Waals surface area (Å²) in [5.74, 6) is -1.94. The van der Waals surface area contributed by atoms with Gasteiger partial charge in [-0.15, -0.1) is 11.3 Å². The molecule has 1 aliphatic rings. The highest BCUT2D eigenvalue weighted by Gasteiger charge is 2.43. The van der Waals surface area contributed by atoms with E-state index in [1.54, 1.807) is 39.4 Å². The van der Waals surface area contributed by atoms with E-state index in [9.17, 15) is 24.3 Å². The molecule has 2 aromatic rings. The zero-order valence-electron chi connectivity index (χ0n) is 32.9. The number of methoxy groups -OCH3 is 2. The summed E-state index contributed by atoms with van der Waals surface area (Å²) in [6.07, 6.45) is 3.32. The Hall–Kier alpha value is -3.43. The molecule has 1 aromatic carbocycles. The van der Waals surface area contributed by atoms with Crippen molar-refractivity contribution in [3.8, 4) is 0 Å². The molecule has 9 atom stereocenters. The highest BCUT2D eigenvalue weighted by Crippen LogP contribution is 2.30. The van der Waals surface area contributed by atoms with Crippen LogP contribution in [0, 0.1) is 17.8 Å². The van der Waals surface area contributed by atoms with E-state index < -0.39 is 48.8 Å². The van der Waals surface area contributed by atoms with Crippen LogP contribution in [0.25, 0.3) is 0 Å². The lowest BCUT2D eigenvalue weighted by atomic mass is 9.89. The molecule has 1 fully saturated rings. The third-order valence-electron chi connectivity index (χ3n) is 10.7. The van der Waals surface area contributed by atoms with Crippen LogP contribution in [0.3, 0.4) is 0 Å². The van der Waals surface area contributed by atoms with Crippen LogP contribution in [0.5, 0.6) is 0 Å². The summed E-state index contributed by atoms with van der Waals surface area (Å²) in [6.45, 7) is 9.70. The standard InChI is InChI=1S/C39H62N6O7S/c1-10-25(4)34(44(7)39(50)33(24(2)3)43-37(49)29(23-46)40-6)31(51-8)22-32(47)45-19-14-17-30(45)35(52-9)26(5)36(48)42-28(38-41-18-20-53-38)21-27-15-12-11-13-16-27/h11-13,15-16,18,20,24-26,28-31,33-35,40,46H,10,14,17,19,21-23H2,1-9H3,(H,42,48)(H,43,49)/t25-,26+,28-,29-,30-,31+,33-,34-,35+/m0/s1. The Balaban J connectivity index is 1.78. The van der Waals surface area contributed by atoms with E-state index in [0.29, 0.717) is 19.4 Å². The first-order valence-corrected chi connectivity index (χ1v) is 19.6. The van der Waals surface area contributed by atoms with E-state index in [1.165, 1.54) is 11.3 Å². The minimum Gasteiger partial charge on any atom is -0.394 e. The maximum atomic E-state index is 14.2. The number of nitrogens with zero attached hydrogens (tertiary/aromatic N) is 3. The van der Waals surface area contributed by atoms with Gasteiger partial charge < -0.3 is 40.3 Å². The average molecular weight is 759 g/mol. The molecule has 1 aromatic heterocycles. The molecule has 0 radical (unpaired) electrons. The van der Waals surface area contributed by atoms with E-state index in [2.05, 4.69) is 20.9 Å². The van der Waals surface area contributed by atoms with Crippen LogP contribution in [-0.2, 0) is 35.1 Å². The largest absolute Gasteiger partial charge is 0.394 e. The average Bonchev–Trinajstić information content (AvgIpc) is 3.87. The quantitative estimate of drug-likeness (QED) is 0.150. The number of aromatic nitrogens is 1. The molecule has 0 aliphatic carbocycles. The molecule has 4 N–H and O–H groups in total. The number of ether oxygens (including phenoxy) is 2. The minimum atomic E-state index is -0.851. The van der Waals surface area contributed by atoms with Crippen molar-refractivity contribution in [1.29, 1.82) is 0 Å². The van der Waals surface area contributed by atoms with Crippen LogP contribution in [0.4, 0.5) is 0 Å². The Morgan fingerprint density at radius 3 is 2.30 bits per heavy atom. The maximum absolute atomic E-state index is 14.2. The molecule has 2 heterocycles. The van der Waals surface area contributed by atoms with Gasteiger partial charge in [0.05, 0.1) is 49.3 Å². The lowest BCUT2D eigenvalue weighted by molar-refractivity contribution is -0.147. The van der Waals surface area contributed by atoms with Gasteiger partial charge in [0, 0.05) is 39.4 Å². The normalized spacial score (nSPS) is 19.1. The van der Waals surface area contributed by atoms with Gasteiger partial charge in [0.2, 0.25) is 23.6 Å². The molecular formula is C39H62N6O7S. The first-order chi connectivity index (χ1) is 25.3. The Morgan fingerprint density at radius 2 is 1.75 bits per heavy atom. The van der Waals surface area contributed by atoms with E-state index in [0.717, 1.165) is 23.4 Å². The fourth-order valence-corrected chi connectivity index (χ4v) is 8.05. The van der Waals surface area contributed by atoms with E-state index >= 15 is 0 Å². The molecule has 13 nitrogen and oxygen atoms in total. The Morgan fingerprint density at radius 1 is 1.06 bits per heavy atom. The summed E-state index contributed by atoms with van der Waals surface area (Å²) in [5, 5.41) is 21.1. The van der Waals surface area contributed by atoms with Crippen molar-refractivity contribution < 1.29 is 33.8 Å². The number of amides is 4. The Kier molecular flexibility index (Phi) is 17.8. The first kappa shape index (κ1) is 44.0. The number of likely N-dealkylation sites (N-methyl/N-ethyl adjacent to an activating group) is 2. The van der Waals surface area contributed by atoms with Crippen LogP contribution in [0.1, 0.15) is 76.9 Å². The van der Waals surface area contributed by atoms with E-state index in [1.807, 2.05) is 75.2 Å². The van der Waals surface area contributed by atoms with Gasteiger partial charge in [-0.3, -0.25) is 19.2 Å². The number of nitrogens with one attached hydrogen (secondary N) is 3. The lowest BCUT2D eigenvalue weighted by Crippen LogP contribution is -2.59. The molecule has 0 unspecified atom stereocenters. The van der Waals surface area contributed by atoms with Gasteiger partial charge >= 0.3 is 0 Å². The van der Waals surface area contributed by atoms with Gasteiger partial charge in [-0.2, -0.15) is 0 Å². The third-order valence-corrected chi connectivity index (χ3v) is 11.6. The summed E-state index contributed by atoms with van der Waals surface area (Å²) < 4.78 is 12.0. The SMILES string of the molecule is CC[C@H](C)[C@@H]([C@@H](CC(=O)N1CCC[C@H]1[C@H](OC)[C@@H](C)C(=O)N[C@@H](Cc1ccccc1)c1nccs1)OC)N(C)C(=O)[C@@H](NC(=O)[C@H](CO)NC)C(C)C. The molecule has 4 amide bonds. The number of likely N-dealkylation sites (tertiary alicyclic amines) is 1. The van der Waals surface area contributed by atoms with E-state index in [4.69, 9.17) is 9.47 Å². The van der Waals surface area contributed by atoms with Gasteiger partial charge in [0.1, 0.15) is 17.1 Å². The molecule has 0 bridgehead atoms. The van der Waals surface area contributed by atoms with Crippen LogP contribution < -0.4 is 16.0 Å². The predicted octanol–water partition coefficient (Wildman–Crippen LogP) is 3.18. The number of benzene rings is 1. The second-order valence-electron chi connectivity index (χ2n) is 14.5. The number of carbonyl (C=O) groups is 4. The van der Waals surface area contributed by atoms with Crippen molar-refractivity contribution in [2.24, 2.45) is 17.8 Å². The molecule has 296 valence electrons. The molecular weight excluding hydrogens is 697 g/mol. The van der Waals surface area contributed by atoms with Crippen molar-refractivity contribution in [3.63, 3.8) is 0 Å². The van der Waals surface area contributed by atoms with E-state index in [-0.39, 0.29) is 48.1 Å². The number of carbonyl (C=O) groups excluding carboxylic acids is 4. The Bertz CT molecular complexity index is 1430. The van der Waals surface area contributed by atoms with Crippen molar-refractivity contribution in [1.82, 2.24) is 30.7 Å². The number of aliphatic hydroxyl groups excluding tert-OH is 1. The predicted molar refractivity (Wildman–Crippen MR) is 206 cm³/mol. The van der Waals surface area contributed by atoms with Crippen LogP contribution in [0.15, 0.2) is 41.9 Å².